The number of benzene rings is 1. The van der Waals surface area contributed by atoms with Gasteiger partial charge in [0.25, 0.3) is 0 Å². The third-order valence-electron chi connectivity index (χ3n) is 4.90. The highest BCUT2D eigenvalue weighted by atomic mass is 32.2. The van der Waals surface area contributed by atoms with Crippen molar-refractivity contribution in [1.82, 2.24) is 9.21 Å². The van der Waals surface area contributed by atoms with E-state index >= 15 is 0 Å². The van der Waals surface area contributed by atoms with Crippen LogP contribution in [0.15, 0.2) is 24.3 Å². The molecule has 1 aliphatic heterocycles. The first-order valence-electron chi connectivity index (χ1n) is 8.30. The summed E-state index contributed by atoms with van der Waals surface area (Å²) in [4.78, 5) is 2.28. The van der Waals surface area contributed by atoms with Gasteiger partial charge in [0.05, 0.1) is 16.9 Å². The molecule has 124 valence electrons. The van der Waals surface area contributed by atoms with Crippen LogP contribution in [-0.4, -0.2) is 49.1 Å². The Hall–Kier alpha value is -1.42. The molecule has 0 N–H and O–H groups in total. The summed E-state index contributed by atoms with van der Waals surface area (Å²) in [5.41, 5.74) is 1.83. The van der Waals surface area contributed by atoms with Gasteiger partial charge in [-0.05, 0) is 30.5 Å². The first-order valence-corrected chi connectivity index (χ1v) is 9.80. The van der Waals surface area contributed by atoms with Crippen molar-refractivity contribution in [3.05, 3.63) is 35.4 Å². The predicted octanol–water partition coefficient (Wildman–Crippen LogP) is 1.95. The van der Waals surface area contributed by atoms with Gasteiger partial charge >= 0.3 is 0 Å². The molecule has 1 heterocycles. The standard InChI is InChI=1S/C17H23N3O2S/c18-13-15-5-7-16(8-6-15)14-19-9-11-20(12-10-19)23(21,22)17-3-1-2-4-17/h5-8,17H,1-4,9-12,14H2. The van der Waals surface area contributed by atoms with E-state index in [0.717, 1.165) is 50.9 Å². The second kappa shape index (κ2) is 7.00. The quantitative estimate of drug-likeness (QED) is 0.845. The minimum absolute atomic E-state index is 0.146. The predicted molar refractivity (Wildman–Crippen MR) is 89.2 cm³/mol. The Kier molecular flexibility index (Phi) is 5.00. The van der Waals surface area contributed by atoms with Crippen LogP contribution in [0.25, 0.3) is 0 Å². The van der Waals surface area contributed by atoms with Crippen LogP contribution in [0.2, 0.25) is 0 Å². The van der Waals surface area contributed by atoms with Gasteiger partial charge in [-0.15, -0.1) is 0 Å². The Morgan fingerprint density at radius 1 is 1.04 bits per heavy atom. The van der Waals surface area contributed by atoms with Crippen molar-refractivity contribution in [2.45, 2.75) is 37.5 Å². The van der Waals surface area contributed by atoms with Crippen LogP contribution in [-0.2, 0) is 16.6 Å². The maximum absolute atomic E-state index is 12.6. The van der Waals surface area contributed by atoms with Gasteiger partial charge in [0.2, 0.25) is 10.0 Å². The second-order valence-corrected chi connectivity index (χ2v) is 8.65. The van der Waals surface area contributed by atoms with Crippen molar-refractivity contribution in [1.29, 1.82) is 5.26 Å². The van der Waals surface area contributed by atoms with Gasteiger partial charge in [0.1, 0.15) is 0 Å². The number of sulfonamides is 1. The summed E-state index contributed by atoms with van der Waals surface area (Å²) in [7, 11) is -3.10. The molecule has 1 aromatic carbocycles. The Morgan fingerprint density at radius 3 is 2.22 bits per heavy atom. The summed E-state index contributed by atoms with van der Waals surface area (Å²) in [5, 5.41) is 8.68. The molecule has 6 heteroatoms. The SMILES string of the molecule is N#Cc1ccc(CN2CCN(S(=O)(=O)C3CCCC3)CC2)cc1. The van der Waals surface area contributed by atoms with Crippen molar-refractivity contribution < 1.29 is 8.42 Å². The van der Waals surface area contributed by atoms with Crippen LogP contribution in [0.4, 0.5) is 0 Å². The second-order valence-electron chi connectivity index (χ2n) is 6.44. The molecule has 0 spiro atoms. The molecular formula is C17H23N3O2S. The van der Waals surface area contributed by atoms with E-state index in [9.17, 15) is 8.42 Å². The fourth-order valence-corrected chi connectivity index (χ4v) is 5.50. The average Bonchev–Trinajstić information content (AvgIpc) is 3.11. The summed E-state index contributed by atoms with van der Waals surface area (Å²) in [5.74, 6) is 0. The lowest BCUT2D eigenvalue weighted by molar-refractivity contribution is 0.180. The van der Waals surface area contributed by atoms with E-state index in [4.69, 9.17) is 5.26 Å². The molecule has 1 aliphatic carbocycles. The summed E-state index contributed by atoms with van der Waals surface area (Å²) in [6.07, 6.45) is 3.74. The van der Waals surface area contributed by atoms with Gasteiger partial charge in [-0.1, -0.05) is 25.0 Å². The number of hydrogen-bond acceptors (Lipinski definition) is 4. The summed E-state index contributed by atoms with van der Waals surface area (Å²) in [6.45, 7) is 3.53. The Bertz CT molecular complexity index is 665. The molecule has 5 nitrogen and oxygen atoms in total. The van der Waals surface area contributed by atoms with E-state index in [2.05, 4.69) is 11.0 Å². The highest BCUT2D eigenvalue weighted by molar-refractivity contribution is 7.89. The summed E-state index contributed by atoms with van der Waals surface area (Å²) in [6, 6.07) is 9.72. The molecule has 1 aromatic rings. The maximum Gasteiger partial charge on any atom is 0.217 e. The van der Waals surface area contributed by atoms with E-state index in [1.807, 2.05) is 24.3 Å². The van der Waals surface area contributed by atoms with E-state index < -0.39 is 10.0 Å². The largest absolute Gasteiger partial charge is 0.296 e. The highest BCUT2D eigenvalue weighted by Gasteiger charge is 2.35. The zero-order valence-electron chi connectivity index (χ0n) is 13.3. The van der Waals surface area contributed by atoms with Crippen LogP contribution in [0.3, 0.4) is 0 Å². The maximum atomic E-state index is 12.6. The number of nitriles is 1. The molecule has 2 aliphatic rings. The molecule has 2 fully saturated rings. The molecule has 3 rings (SSSR count). The van der Waals surface area contributed by atoms with Crippen molar-refractivity contribution in [3.63, 3.8) is 0 Å². The number of nitrogens with zero attached hydrogens (tertiary/aromatic N) is 3. The molecule has 1 saturated carbocycles. The van der Waals surface area contributed by atoms with Gasteiger partial charge < -0.3 is 0 Å². The lowest BCUT2D eigenvalue weighted by Crippen LogP contribution is -2.50. The van der Waals surface area contributed by atoms with Crippen LogP contribution in [0, 0.1) is 11.3 Å². The van der Waals surface area contributed by atoms with Crippen LogP contribution in [0.5, 0.6) is 0 Å². The lowest BCUT2D eigenvalue weighted by Gasteiger charge is -2.35. The van der Waals surface area contributed by atoms with Gasteiger partial charge in [0.15, 0.2) is 0 Å². The summed E-state index contributed by atoms with van der Waals surface area (Å²) >= 11 is 0. The number of rotatable bonds is 4. The van der Waals surface area contributed by atoms with E-state index in [0.29, 0.717) is 18.7 Å². The molecular weight excluding hydrogens is 310 g/mol. The number of piperazine rings is 1. The van der Waals surface area contributed by atoms with Crippen LogP contribution in [0.1, 0.15) is 36.8 Å². The normalized spacial score (nSPS) is 21.3. The average molecular weight is 333 g/mol. The zero-order chi connectivity index (χ0) is 16.3. The van der Waals surface area contributed by atoms with Gasteiger partial charge in [-0.2, -0.15) is 9.57 Å². The fourth-order valence-electron chi connectivity index (χ4n) is 3.48. The first kappa shape index (κ1) is 16.4. The fraction of sp³-hybridized carbons (Fsp3) is 0.588. The third-order valence-corrected chi connectivity index (χ3v) is 7.30. The number of hydrogen-bond donors (Lipinski definition) is 0. The minimum Gasteiger partial charge on any atom is -0.296 e. The van der Waals surface area contributed by atoms with Crippen LogP contribution < -0.4 is 0 Å². The Labute approximate surface area is 138 Å². The smallest absolute Gasteiger partial charge is 0.217 e. The zero-order valence-corrected chi connectivity index (χ0v) is 14.1. The molecule has 0 radical (unpaired) electrons. The van der Waals surface area contributed by atoms with E-state index in [1.165, 1.54) is 0 Å². The molecule has 0 bridgehead atoms. The molecule has 0 aromatic heterocycles. The first-order chi connectivity index (χ1) is 11.1. The molecule has 1 saturated heterocycles. The van der Waals surface area contributed by atoms with Gasteiger partial charge in [-0.25, -0.2) is 8.42 Å². The Balaban J connectivity index is 1.54. The van der Waals surface area contributed by atoms with Gasteiger partial charge in [-0.3, -0.25) is 4.90 Å². The third kappa shape index (κ3) is 3.74. The Morgan fingerprint density at radius 2 is 1.65 bits per heavy atom. The summed E-state index contributed by atoms with van der Waals surface area (Å²) < 4.78 is 26.9. The van der Waals surface area contributed by atoms with Crippen molar-refractivity contribution >= 4 is 10.0 Å². The molecule has 0 unspecified atom stereocenters. The molecule has 0 amide bonds. The van der Waals surface area contributed by atoms with E-state index in [1.54, 1.807) is 4.31 Å². The van der Waals surface area contributed by atoms with Crippen molar-refractivity contribution in [3.8, 4) is 6.07 Å². The molecule has 0 atom stereocenters. The lowest BCUT2D eigenvalue weighted by atomic mass is 10.1. The van der Waals surface area contributed by atoms with Crippen molar-refractivity contribution in [2.24, 2.45) is 0 Å². The van der Waals surface area contributed by atoms with Crippen molar-refractivity contribution in [2.75, 3.05) is 26.2 Å². The van der Waals surface area contributed by atoms with Crippen LogP contribution >= 0.6 is 0 Å². The topological polar surface area (TPSA) is 64.4 Å². The monoisotopic (exact) mass is 333 g/mol. The highest BCUT2D eigenvalue weighted by Crippen LogP contribution is 2.27. The van der Waals surface area contributed by atoms with E-state index in [-0.39, 0.29) is 5.25 Å². The van der Waals surface area contributed by atoms with Gasteiger partial charge in [0, 0.05) is 32.7 Å². The minimum atomic E-state index is -3.10. The molecule has 23 heavy (non-hydrogen) atoms.